The summed E-state index contributed by atoms with van der Waals surface area (Å²) in [6.07, 6.45) is 0. The van der Waals surface area contributed by atoms with E-state index in [9.17, 15) is 8.78 Å². The summed E-state index contributed by atoms with van der Waals surface area (Å²) in [7, 11) is 3.15. The molecule has 29 heavy (non-hydrogen) atoms. The zero-order chi connectivity index (χ0) is 20.8. The van der Waals surface area contributed by atoms with Crippen LogP contribution in [0.4, 0.5) is 20.4 Å². The first-order valence-corrected chi connectivity index (χ1v) is 9.99. The molecular weight excluding hydrogens is 398 g/mol. The smallest absolute Gasteiger partial charge is 0.255 e. The van der Waals surface area contributed by atoms with Gasteiger partial charge in [0.15, 0.2) is 5.17 Å². The van der Waals surface area contributed by atoms with Crippen molar-refractivity contribution in [2.75, 3.05) is 44.0 Å². The lowest BCUT2D eigenvalue weighted by molar-refractivity contribution is 0.365. The number of amidine groups is 1. The van der Waals surface area contributed by atoms with Crippen LogP contribution in [0.5, 0.6) is 5.88 Å². The highest BCUT2D eigenvalue weighted by atomic mass is 32.2. The van der Waals surface area contributed by atoms with E-state index < -0.39 is 10.6 Å². The average Bonchev–Trinajstić information content (AvgIpc) is 3.10. The molecule has 154 valence electrons. The summed E-state index contributed by atoms with van der Waals surface area (Å²) in [5.41, 5.74) is 7.63. The molecule has 10 heteroatoms. The summed E-state index contributed by atoms with van der Waals surface area (Å²) in [4.78, 5) is 14.8. The van der Waals surface area contributed by atoms with Crippen LogP contribution in [0.25, 0.3) is 0 Å². The van der Waals surface area contributed by atoms with Crippen LogP contribution in [0.1, 0.15) is 11.3 Å². The topological polar surface area (TPSA) is 88.7 Å². The van der Waals surface area contributed by atoms with Gasteiger partial charge in [0.05, 0.1) is 17.6 Å². The van der Waals surface area contributed by atoms with Crippen LogP contribution in [-0.4, -0.2) is 48.9 Å². The Bertz CT molecular complexity index is 987. The zero-order valence-electron chi connectivity index (χ0n) is 16.4. The number of nitrogens with one attached hydrogen (secondary N) is 1. The number of nitrogens with zero attached hydrogens (tertiary/aromatic N) is 4. The van der Waals surface area contributed by atoms with E-state index in [2.05, 4.69) is 20.3 Å². The summed E-state index contributed by atoms with van der Waals surface area (Å²) in [6.45, 7) is 2.99. The molecule has 2 aliphatic heterocycles. The van der Waals surface area contributed by atoms with Crippen LogP contribution >= 0.6 is 11.8 Å². The van der Waals surface area contributed by atoms with E-state index in [4.69, 9.17) is 10.5 Å². The molecule has 0 spiro atoms. The van der Waals surface area contributed by atoms with Gasteiger partial charge in [-0.05, 0) is 25.1 Å². The van der Waals surface area contributed by atoms with E-state index in [1.807, 2.05) is 11.0 Å². The van der Waals surface area contributed by atoms with Crippen molar-refractivity contribution in [1.82, 2.24) is 9.97 Å². The number of aryl methyl sites for hydroxylation is 1. The van der Waals surface area contributed by atoms with Gasteiger partial charge in [0, 0.05) is 43.9 Å². The molecule has 1 aromatic carbocycles. The van der Waals surface area contributed by atoms with E-state index in [0.29, 0.717) is 36.3 Å². The number of ether oxygens (including phenoxy) is 1. The van der Waals surface area contributed by atoms with E-state index in [-0.39, 0.29) is 23.3 Å². The Morgan fingerprint density at radius 2 is 2.14 bits per heavy atom. The summed E-state index contributed by atoms with van der Waals surface area (Å²) in [5.74, 6) is -0.660. The maximum Gasteiger partial charge on any atom is 0.255 e. The minimum Gasteiger partial charge on any atom is -0.479 e. The monoisotopic (exact) mass is 420 g/mol. The van der Waals surface area contributed by atoms with Crippen LogP contribution < -0.4 is 20.7 Å². The largest absolute Gasteiger partial charge is 0.479 e. The fourth-order valence-electron chi connectivity index (χ4n) is 3.94. The average molecular weight is 420 g/mol. The van der Waals surface area contributed by atoms with Gasteiger partial charge in [-0.2, -0.15) is 9.37 Å². The summed E-state index contributed by atoms with van der Waals surface area (Å²) in [6, 6.07) is 4.97. The van der Waals surface area contributed by atoms with Crippen LogP contribution in [0.3, 0.4) is 0 Å². The molecule has 7 nitrogen and oxygen atoms in total. The number of hydrogen-bond acceptors (Lipinski definition) is 8. The fourth-order valence-corrected chi connectivity index (χ4v) is 5.26. The number of benzene rings is 1. The van der Waals surface area contributed by atoms with Crippen molar-refractivity contribution in [2.45, 2.75) is 11.7 Å². The number of halogens is 2. The maximum absolute atomic E-state index is 15.0. The highest BCUT2D eigenvalue weighted by Gasteiger charge is 2.53. The molecule has 0 saturated carbocycles. The van der Waals surface area contributed by atoms with Crippen molar-refractivity contribution < 1.29 is 13.5 Å². The van der Waals surface area contributed by atoms with Crippen molar-refractivity contribution in [3.05, 3.63) is 41.1 Å². The Morgan fingerprint density at radius 1 is 1.34 bits per heavy atom. The lowest BCUT2D eigenvalue weighted by Gasteiger charge is -2.36. The van der Waals surface area contributed by atoms with Gasteiger partial charge in [-0.3, -0.25) is 4.99 Å². The molecule has 0 radical (unpaired) electrons. The molecule has 0 bridgehead atoms. The number of hydrogen-bond donors (Lipinski definition) is 2. The number of nitrogens with two attached hydrogens (primary N) is 1. The van der Waals surface area contributed by atoms with E-state index in [0.717, 1.165) is 5.69 Å². The summed E-state index contributed by atoms with van der Waals surface area (Å²) < 4.78 is 33.5. The number of thioether (sulfide) groups is 1. The third kappa shape index (κ3) is 3.25. The first kappa shape index (κ1) is 19.7. The SMILES string of the molecule is CNc1ccc(F)c([C@]23CN(c4nc(C)c(F)c(OC)n4)C[C@@H]2CN=C(N)S3)c1. The van der Waals surface area contributed by atoms with Gasteiger partial charge >= 0.3 is 0 Å². The molecule has 4 rings (SSSR count). The molecule has 0 unspecified atom stereocenters. The van der Waals surface area contributed by atoms with Gasteiger partial charge in [-0.1, -0.05) is 11.8 Å². The Balaban J connectivity index is 1.79. The van der Waals surface area contributed by atoms with Gasteiger partial charge in [0.25, 0.3) is 5.88 Å². The second-order valence-electron chi connectivity index (χ2n) is 7.12. The van der Waals surface area contributed by atoms with Crippen molar-refractivity contribution in [3.8, 4) is 5.88 Å². The van der Waals surface area contributed by atoms with Gasteiger partial charge in [-0.25, -0.2) is 9.37 Å². The first-order valence-electron chi connectivity index (χ1n) is 9.17. The van der Waals surface area contributed by atoms with Crippen LogP contribution in [-0.2, 0) is 4.75 Å². The first-order chi connectivity index (χ1) is 13.9. The van der Waals surface area contributed by atoms with E-state index >= 15 is 0 Å². The van der Waals surface area contributed by atoms with E-state index in [1.54, 1.807) is 20.0 Å². The molecule has 2 aliphatic rings. The van der Waals surface area contributed by atoms with Crippen LogP contribution in [0.15, 0.2) is 23.2 Å². The van der Waals surface area contributed by atoms with Gasteiger partial charge < -0.3 is 20.7 Å². The van der Waals surface area contributed by atoms with Crippen molar-refractivity contribution in [1.29, 1.82) is 0 Å². The number of aromatic nitrogens is 2. The molecule has 1 fully saturated rings. The Hall–Kier alpha value is -2.62. The summed E-state index contributed by atoms with van der Waals surface area (Å²) >= 11 is 1.36. The molecule has 2 aromatic rings. The third-order valence-corrected chi connectivity index (χ3v) is 6.83. The van der Waals surface area contributed by atoms with Crippen molar-refractivity contribution in [3.63, 3.8) is 0 Å². The molecule has 0 amide bonds. The van der Waals surface area contributed by atoms with Crippen molar-refractivity contribution >= 4 is 28.6 Å². The molecule has 1 saturated heterocycles. The molecule has 2 atom stereocenters. The zero-order valence-corrected chi connectivity index (χ0v) is 17.2. The Morgan fingerprint density at radius 3 is 2.86 bits per heavy atom. The van der Waals surface area contributed by atoms with Crippen LogP contribution in [0, 0.1) is 24.5 Å². The van der Waals surface area contributed by atoms with Gasteiger partial charge in [0.2, 0.25) is 11.8 Å². The lowest BCUT2D eigenvalue weighted by Crippen LogP contribution is -2.40. The predicted octanol–water partition coefficient (Wildman–Crippen LogP) is 2.51. The normalized spacial score (nSPS) is 23.6. The molecule has 1 aromatic heterocycles. The second-order valence-corrected chi connectivity index (χ2v) is 8.48. The molecule has 3 N–H and O–H groups in total. The quantitative estimate of drug-likeness (QED) is 0.786. The number of anilines is 2. The maximum atomic E-state index is 15.0. The minimum absolute atomic E-state index is 0.0126. The molecular formula is C19H22F2N6OS. The minimum atomic E-state index is -0.651. The Labute approximate surface area is 171 Å². The van der Waals surface area contributed by atoms with Crippen molar-refractivity contribution in [2.24, 2.45) is 16.6 Å². The lowest BCUT2D eigenvalue weighted by atomic mass is 9.87. The number of methoxy groups -OCH3 is 1. The van der Waals surface area contributed by atoms with Crippen LogP contribution in [0.2, 0.25) is 0 Å². The molecule has 0 aliphatic carbocycles. The Kier molecular flexibility index (Phi) is 4.97. The second kappa shape index (κ2) is 7.33. The standard InChI is InChI=1S/C19H22F2N6OS/c1-10-15(21)16(28-3)26-18(25-10)27-8-11-7-24-17(22)29-19(11,9-27)13-6-12(23-2)4-5-14(13)20/h4-6,11,23H,7-9H2,1-3H3,(H2,22,24)/t11-,19-/m0/s1. The van der Waals surface area contributed by atoms with Gasteiger partial charge in [0.1, 0.15) is 5.82 Å². The highest BCUT2D eigenvalue weighted by Crippen LogP contribution is 2.52. The number of rotatable bonds is 4. The summed E-state index contributed by atoms with van der Waals surface area (Å²) in [5, 5.41) is 3.48. The van der Waals surface area contributed by atoms with E-state index in [1.165, 1.54) is 24.9 Å². The predicted molar refractivity (Wildman–Crippen MR) is 111 cm³/mol. The van der Waals surface area contributed by atoms with Gasteiger partial charge in [-0.15, -0.1) is 0 Å². The molecule has 3 heterocycles. The highest BCUT2D eigenvalue weighted by molar-refractivity contribution is 8.14. The number of aliphatic imine (C=N–C) groups is 1. The fraction of sp³-hybridized carbons (Fsp3) is 0.421. The number of fused-ring (bicyclic) bond motifs is 1. The third-order valence-electron chi connectivity index (χ3n) is 5.44.